The Morgan fingerprint density at radius 3 is 2.33 bits per heavy atom. The van der Waals surface area contributed by atoms with E-state index in [1.54, 1.807) is 40.2 Å². The van der Waals surface area contributed by atoms with Crippen LogP contribution < -0.4 is 5.32 Å². The van der Waals surface area contributed by atoms with Crippen molar-refractivity contribution in [3.63, 3.8) is 0 Å². The lowest BCUT2D eigenvalue weighted by atomic mass is 10.2. The lowest BCUT2D eigenvalue weighted by Gasteiger charge is -2.15. The minimum Gasteiger partial charge on any atom is -0.444 e. The van der Waals surface area contributed by atoms with Crippen molar-refractivity contribution in [2.45, 2.75) is 20.5 Å². The number of aryl methyl sites for hydroxylation is 2. The number of rotatable bonds is 5. The van der Waals surface area contributed by atoms with Gasteiger partial charge in [-0.05, 0) is 31.5 Å². The van der Waals surface area contributed by atoms with E-state index < -0.39 is 11.9 Å². The summed E-state index contributed by atoms with van der Waals surface area (Å²) in [5, 5.41) is 2.59. The van der Waals surface area contributed by atoms with Crippen LogP contribution in [-0.4, -0.2) is 25.2 Å². The number of imidazole rings is 2. The molecular weight excluding hydrogens is 385 g/mol. The molecule has 7 nitrogen and oxygen atoms in total. The molecule has 0 fully saturated rings. The molecule has 8 heteroatoms. The van der Waals surface area contributed by atoms with Gasteiger partial charge >= 0.3 is 6.09 Å². The average Bonchev–Trinajstić information content (AvgIpc) is 3.35. The molecule has 30 heavy (non-hydrogen) atoms. The lowest BCUT2D eigenvalue weighted by molar-refractivity contribution is 0.155. The monoisotopic (exact) mass is 405 g/mol. The van der Waals surface area contributed by atoms with E-state index in [1.165, 1.54) is 6.07 Å². The zero-order chi connectivity index (χ0) is 21.1. The van der Waals surface area contributed by atoms with Crippen LogP contribution in [0.15, 0.2) is 67.5 Å². The van der Waals surface area contributed by atoms with E-state index in [1.807, 2.05) is 44.2 Å². The van der Waals surface area contributed by atoms with E-state index in [4.69, 9.17) is 4.74 Å². The van der Waals surface area contributed by atoms with Crippen LogP contribution in [0.25, 0.3) is 11.4 Å². The zero-order valence-electron chi connectivity index (χ0n) is 16.5. The Hall–Kier alpha value is -3.94. The molecule has 0 aliphatic heterocycles. The molecule has 0 saturated carbocycles. The van der Waals surface area contributed by atoms with Gasteiger partial charge in [-0.15, -0.1) is 0 Å². The molecule has 0 aliphatic rings. The molecule has 152 valence electrons. The van der Waals surface area contributed by atoms with E-state index in [0.717, 1.165) is 17.0 Å². The Bertz CT molecular complexity index is 1180. The Morgan fingerprint density at radius 1 is 1.03 bits per heavy atom. The summed E-state index contributed by atoms with van der Waals surface area (Å²) in [6, 6.07) is 12.2. The topological polar surface area (TPSA) is 74.0 Å². The van der Waals surface area contributed by atoms with Crippen molar-refractivity contribution >= 4 is 11.8 Å². The Kier molecular flexibility index (Phi) is 5.30. The minimum atomic E-state index is -0.669. The van der Waals surface area contributed by atoms with Crippen LogP contribution in [0, 0.1) is 19.7 Å². The fourth-order valence-electron chi connectivity index (χ4n) is 3.08. The Morgan fingerprint density at radius 2 is 1.70 bits per heavy atom. The third-order valence-electron chi connectivity index (χ3n) is 4.46. The van der Waals surface area contributed by atoms with Crippen LogP contribution in [0.1, 0.15) is 17.0 Å². The molecule has 0 bridgehead atoms. The number of nitrogens with zero attached hydrogens (tertiary/aromatic N) is 4. The molecule has 2 aromatic heterocycles. The number of hydrogen-bond donors (Lipinski definition) is 1. The van der Waals surface area contributed by atoms with Gasteiger partial charge in [0.05, 0.1) is 29.7 Å². The number of benzene rings is 2. The molecule has 0 saturated heterocycles. The van der Waals surface area contributed by atoms with Gasteiger partial charge in [0.2, 0.25) is 0 Å². The van der Waals surface area contributed by atoms with E-state index in [2.05, 4.69) is 15.3 Å². The normalized spacial score (nSPS) is 10.8. The molecule has 2 aromatic carbocycles. The van der Waals surface area contributed by atoms with Crippen molar-refractivity contribution in [1.82, 2.24) is 19.1 Å². The number of aromatic nitrogens is 4. The first-order chi connectivity index (χ1) is 14.5. The molecule has 0 unspecified atom stereocenters. The van der Waals surface area contributed by atoms with Crippen molar-refractivity contribution in [3.05, 3.63) is 90.3 Å². The van der Waals surface area contributed by atoms with Crippen LogP contribution in [0.2, 0.25) is 0 Å². The van der Waals surface area contributed by atoms with Crippen molar-refractivity contribution in [2.75, 3.05) is 5.32 Å². The number of carbonyl (C=O) groups excluding carboxylic acids is 1. The van der Waals surface area contributed by atoms with Gasteiger partial charge in [0.25, 0.3) is 0 Å². The SMILES string of the molecule is Cc1cn(-c2cc(NC(=O)OCc3ccccc3)cc(F)c2-n2cnc(C)c2)cn1. The summed E-state index contributed by atoms with van der Waals surface area (Å²) in [6.45, 7) is 3.79. The number of anilines is 1. The van der Waals surface area contributed by atoms with Crippen LogP contribution in [0.5, 0.6) is 0 Å². The summed E-state index contributed by atoms with van der Waals surface area (Å²) >= 11 is 0. The molecule has 1 amide bonds. The van der Waals surface area contributed by atoms with Crippen LogP contribution in [-0.2, 0) is 11.3 Å². The molecule has 4 rings (SSSR count). The summed E-state index contributed by atoms with van der Waals surface area (Å²) in [5.41, 5.74) is 3.48. The number of amides is 1. The molecule has 1 N–H and O–H groups in total. The summed E-state index contributed by atoms with van der Waals surface area (Å²) < 4.78 is 23.7. The van der Waals surface area contributed by atoms with Crippen molar-refractivity contribution < 1.29 is 13.9 Å². The number of hydrogen-bond acceptors (Lipinski definition) is 4. The summed E-state index contributed by atoms with van der Waals surface area (Å²) in [4.78, 5) is 20.6. The third-order valence-corrected chi connectivity index (χ3v) is 4.46. The van der Waals surface area contributed by atoms with Crippen LogP contribution in [0.3, 0.4) is 0 Å². The molecular formula is C22H20FN5O2. The maximum atomic E-state index is 15.1. The largest absolute Gasteiger partial charge is 0.444 e. The number of carbonyl (C=O) groups is 1. The predicted molar refractivity (Wildman–Crippen MR) is 110 cm³/mol. The van der Waals surface area contributed by atoms with Gasteiger partial charge in [-0.3, -0.25) is 5.32 Å². The van der Waals surface area contributed by atoms with Gasteiger partial charge < -0.3 is 13.9 Å². The summed E-state index contributed by atoms with van der Waals surface area (Å²) in [5.74, 6) is -0.519. The molecule has 0 aliphatic carbocycles. The highest BCUT2D eigenvalue weighted by Crippen LogP contribution is 2.27. The second-order valence-electron chi connectivity index (χ2n) is 6.86. The Balaban J connectivity index is 1.63. The fraction of sp³-hybridized carbons (Fsp3) is 0.136. The number of nitrogens with one attached hydrogen (secondary N) is 1. The molecule has 0 atom stereocenters. The maximum absolute atomic E-state index is 15.1. The predicted octanol–water partition coefficient (Wildman–Crippen LogP) is 4.56. The number of ether oxygens (including phenoxy) is 1. The molecule has 0 spiro atoms. The van der Waals surface area contributed by atoms with Crippen LogP contribution in [0.4, 0.5) is 14.9 Å². The van der Waals surface area contributed by atoms with E-state index in [0.29, 0.717) is 11.4 Å². The zero-order valence-corrected chi connectivity index (χ0v) is 16.5. The summed E-state index contributed by atoms with van der Waals surface area (Å²) in [7, 11) is 0. The van der Waals surface area contributed by atoms with Gasteiger partial charge in [0.15, 0.2) is 5.82 Å². The van der Waals surface area contributed by atoms with Crippen molar-refractivity contribution in [3.8, 4) is 11.4 Å². The van der Waals surface area contributed by atoms with E-state index >= 15 is 4.39 Å². The second kappa shape index (κ2) is 8.20. The number of halogens is 1. The van der Waals surface area contributed by atoms with Crippen molar-refractivity contribution in [1.29, 1.82) is 0 Å². The lowest BCUT2D eigenvalue weighted by Crippen LogP contribution is -2.15. The van der Waals surface area contributed by atoms with Gasteiger partial charge in [-0.1, -0.05) is 30.3 Å². The minimum absolute atomic E-state index is 0.120. The molecule has 0 radical (unpaired) electrons. The van der Waals surface area contributed by atoms with Gasteiger partial charge in [-0.25, -0.2) is 19.2 Å². The summed E-state index contributed by atoms with van der Waals surface area (Å²) in [6.07, 6.45) is 5.97. The highest BCUT2D eigenvalue weighted by Gasteiger charge is 2.17. The molecule has 2 heterocycles. The van der Waals surface area contributed by atoms with Crippen molar-refractivity contribution in [2.24, 2.45) is 0 Å². The molecule has 4 aromatic rings. The first-order valence-electron chi connectivity index (χ1n) is 9.33. The Labute approximate surface area is 172 Å². The maximum Gasteiger partial charge on any atom is 0.411 e. The van der Waals surface area contributed by atoms with Gasteiger partial charge in [-0.2, -0.15) is 0 Å². The fourth-order valence-corrected chi connectivity index (χ4v) is 3.08. The highest BCUT2D eigenvalue weighted by molar-refractivity contribution is 5.85. The average molecular weight is 405 g/mol. The van der Waals surface area contributed by atoms with E-state index in [-0.39, 0.29) is 12.3 Å². The smallest absolute Gasteiger partial charge is 0.411 e. The standard InChI is InChI=1S/C22H20FN5O2/c1-15-10-27(13-24-15)20-9-18(8-19(23)21(20)28-11-16(2)25-14-28)26-22(29)30-12-17-6-4-3-5-7-17/h3-11,13-14H,12H2,1-2H3,(H,26,29). The van der Waals surface area contributed by atoms with E-state index in [9.17, 15) is 4.79 Å². The van der Waals surface area contributed by atoms with Gasteiger partial charge in [0.1, 0.15) is 12.3 Å². The first kappa shape index (κ1) is 19.4. The van der Waals surface area contributed by atoms with Gasteiger partial charge in [0, 0.05) is 18.1 Å². The first-order valence-corrected chi connectivity index (χ1v) is 9.33. The third kappa shape index (κ3) is 4.22. The quantitative estimate of drug-likeness (QED) is 0.528. The second-order valence-corrected chi connectivity index (χ2v) is 6.86. The van der Waals surface area contributed by atoms with Crippen LogP contribution >= 0.6 is 0 Å². The highest BCUT2D eigenvalue weighted by atomic mass is 19.1.